The van der Waals surface area contributed by atoms with Gasteiger partial charge in [0.1, 0.15) is 12.0 Å². The molecule has 7 heteroatoms. The average Bonchev–Trinajstić information content (AvgIpc) is 3.07. The van der Waals surface area contributed by atoms with E-state index in [2.05, 4.69) is 5.32 Å². The summed E-state index contributed by atoms with van der Waals surface area (Å²) in [4.78, 5) is 39.8. The second kappa shape index (κ2) is 10.3. The number of hydrogen-bond donors (Lipinski definition) is 1. The van der Waals surface area contributed by atoms with E-state index in [0.29, 0.717) is 28.3 Å². The summed E-state index contributed by atoms with van der Waals surface area (Å²) in [5.41, 5.74) is 3.04. The normalized spacial score (nSPS) is 25.9. The summed E-state index contributed by atoms with van der Waals surface area (Å²) < 4.78 is 11.0. The number of ether oxygens (including phenoxy) is 2. The van der Waals surface area contributed by atoms with Gasteiger partial charge in [-0.15, -0.1) is 0 Å². The largest absolute Gasteiger partial charge is 0.468 e. The molecule has 0 aromatic heterocycles. The Bertz CT molecular complexity index is 1030. The van der Waals surface area contributed by atoms with Gasteiger partial charge in [-0.3, -0.25) is 9.59 Å². The van der Waals surface area contributed by atoms with Gasteiger partial charge in [-0.05, 0) is 62.6 Å². The summed E-state index contributed by atoms with van der Waals surface area (Å²) in [6.07, 6.45) is 6.49. The van der Waals surface area contributed by atoms with E-state index in [4.69, 9.17) is 21.1 Å². The smallest absolute Gasteiger partial charge is 0.337 e. The van der Waals surface area contributed by atoms with Crippen LogP contribution in [0.5, 0.6) is 0 Å². The topological polar surface area (TPSA) is 81.7 Å². The van der Waals surface area contributed by atoms with Crippen molar-refractivity contribution < 1.29 is 23.9 Å². The lowest BCUT2D eigenvalue weighted by Crippen LogP contribution is -2.43. The third kappa shape index (κ3) is 4.78. The first-order chi connectivity index (χ1) is 16.3. The highest BCUT2D eigenvalue weighted by Gasteiger charge is 2.47. The van der Waals surface area contributed by atoms with Gasteiger partial charge in [0.15, 0.2) is 5.78 Å². The number of allylic oxidation sites excluding steroid dienone is 3. The van der Waals surface area contributed by atoms with E-state index >= 15 is 0 Å². The Balaban J connectivity index is 1.76. The Hall–Kier alpha value is -2.60. The third-order valence-electron chi connectivity index (χ3n) is 7.24. The minimum Gasteiger partial charge on any atom is -0.468 e. The van der Waals surface area contributed by atoms with E-state index in [1.165, 1.54) is 7.11 Å². The molecule has 1 saturated carbocycles. The number of halogens is 1. The molecule has 6 nitrogen and oxygen atoms in total. The van der Waals surface area contributed by atoms with Crippen LogP contribution in [0, 0.1) is 11.8 Å². The number of methoxy groups -OCH3 is 1. The molecule has 0 spiro atoms. The predicted molar refractivity (Wildman–Crippen MR) is 129 cm³/mol. The summed E-state index contributed by atoms with van der Waals surface area (Å²) in [6.45, 7) is 3.72. The number of Topliss-reactive ketones (excluding diaryl/α,β-unsaturated/α-hetero) is 1. The van der Waals surface area contributed by atoms with Crippen molar-refractivity contribution >= 4 is 29.3 Å². The molecule has 0 bridgehead atoms. The minimum atomic E-state index is -0.905. The number of ketones is 1. The van der Waals surface area contributed by atoms with Gasteiger partial charge in [0.25, 0.3) is 0 Å². The van der Waals surface area contributed by atoms with Crippen LogP contribution < -0.4 is 5.32 Å². The molecular weight excluding hydrogens is 454 g/mol. The molecule has 34 heavy (non-hydrogen) atoms. The molecule has 0 saturated heterocycles. The highest BCUT2D eigenvalue weighted by atomic mass is 35.5. The van der Waals surface area contributed by atoms with Gasteiger partial charge in [-0.2, -0.15) is 0 Å². The van der Waals surface area contributed by atoms with Gasteiger partial charge in [0, 0.05) is 27.9 Å². The van der Waals surface area contributed by atoms with Gasteiger partial charge < -0.3 is 14.8 Å². The molecule has 1 fully saturated rings. The highest BCUT2D eigenvalue weighted by Crippen LogP contribution is 2.45. The van der Waals surface area contributed by atoms with Gasteiger partial charge in [0.05, 0.1) is 12.7 Å². The summed E-state index contributed by atoms with van der Waals surface area (Å²) in [6, 6.07) is 7.15. The van der Waals surface area contributed by atoms with E-state index < -0.39 is 23.8 Å². The molecule has 0 amide bonds. The van der Waals surface area contributed by atoms with Crippen molar-refractivity contribution in [1.29, 1.82) is 0 Å². The van der Waals surface area contributed by atoms with Crippen molar-refractivity contribution in [3.05, 3.63) is 57.4 Å². The summed E-state index contributed by atoms with van der Waals surface area (Å²) in [5.74, 6) is -3.03. The van der Waals surface area contributed by atoms with Crippen molar-refractivity contribution in [2.75, 3.05) is 7.11 Å². The molecule has 1 aromatic rings. The van der Waals surface area contributed by atoms with Crippen molar-refractivity contribution in [3.63, 3.8) is 0 Å². The predicted octanol–water partition coefficient (Wildman–Crippen LogP) is 5.22. The summed E-state index contributed by atoms with van der Waals surface area (Å²) >= 11 is 6.14. The molecule has 3 atom stereocenters. The SMILES string of the molecule is COC(=O)C1C(=O)C2=C(CC1C)NC(C)=C(C(=O)OC1CCCCCC1)C2c1ccc(Cl)cc1. The molecule has 3 unspecified atom stereocenters. The Morgan fingerprint density at radius 2 is 1.71 bits per heavy atom. The number of nitrogens with one attached hydrogen (secondary N) is 1. The zero-order valence-corrected chi connectivity index (χ0v) is 20.7. The Morgan fingerprint density at radius 3 is 2.32 bits per heavy atom. The minimum absolute atomic E-state index is 0.124. The van der Waals surface area contributed by atoms with Crippen LogP contribution in [0.2, 0.25) is 5.02 Å². The number of benzene rings is 1. The number of carbonyl (C=O) groups is 3. The van der Waals surface area contributed by atoms with E-state index in [-0.39, 0.29) is 17.8 Å². The quantitative estimate of drug-likeness (QED) is 0.358. The maximum absolute atomic E-state index is 13.7. The number of rotatable bonds is 4. The van der Waals surface area contributed by atoms with Crippen LogP contribution in [0.15, 0.2) is 46.8 Å². The van der Waals surface area contributed by atoms with E-state index in [9.17, 15) is 14.4 Å². The van der Waals surface area contributed by atoms with Crippen LogP contribution in [0.4, 0.5) is 0 Å². The number of hydrogen-bond acceptors (Lipinski definition) is 6. The maximum atomic E-state index is 13.7. The lowest BCUT2D eigenvalue weighted by Gasteiger charge is -2.38. The van der Waals surface area contributed by atoms with Crippen molar-refractivity contribution in [2.24, 2.45) is 11.8 Å². The Kier molecular flexibility index (Phi) is 7.46. The van der Waals surface area contributed by atoms with Crippen LogP contribution in [0.3, 0.4) is 0 Å². The molecule has 1 aromatic carbocycles. The fourth-order valence-corrected chi connectivity index (χ4v) is 5.64. The van der Waals surface area contributed by atoms with Crippen LogP contribution >= 0.6 is 11.6 Å². The second-order valence-corrected chi connectivity index (χ2v) is 10.0. The first-order valence-corrected chi connectivity index (χ1v) is 12.5. The molecule has 2 aliphatic carbocycles. The van der Waals surface area contributed by atoms with Crippen LogP contribution in [0.1, 0.15) is 70.3 Å². The van der Waals surface area contributed by atoms with Gasteiger partial charge in [-0.1, -0.05) is 43.5 Å². The third-order valence-corrected chi connectivity index (χ3v) is 7.49. The van der Waals surface area contributed by atoms with E-state index in [0.717, 1.165) is 49.8 Å². The molecule has 3 aliphatic rings. The Labute approximate surface area is 205 Å². The lowest BCUT2D eigenvalue weighted by molar-refractivity contribution is -0.151. The van der Waals surface area contributed by atoms with E-state index in [1.807, 2.05) is 26.0 Å². The van der Waals surface area contributed by atoms with Gasteiger partial charge in [-0.25, -0.2) is 4.79 Å². The molecule has 0 radical (unpaired) electrons. The Morgan fingerprint density at radius 1 is 1.06 bits per heavy atom. The zero-order valence-electron chi connectivity index (χ0n) is 20.0. The molecule has 4 rings (SSSR count). The van der Waals surface area contributed by atoms with E-state index in [1.54, 1.807) is 12.1 Å². The summed E-state index contributed by atoms with van der Waals surface area (Å²) in [5, 5.41) is 3.87. The molecule has 1 aliphatic heterocycles. The van der Waals surface area contributed by atoms with Crippen LogP contribution in [0.25, 0.3) is 0 Å². The van der Waals surface area contributed by atoms with Gasteiger partial charge in [0.2, 0.25) is 0 Å². The zero-order chi connectivity index (χ0) is 24.4. The number of esters is 2. The number of dihydropyridines is 1. The standard InChI is InChI=1S/C27H32ClNO5/c1-15-14-20-24(25(30)21(15)26(31)33-3)23(17-10-12-18(28)13-11-17)22(16(2)29-20)27(32)34-19-8-6-4-5-7-9-19/h10-13,15,19,21,23,29H,4-9,14H2,1-3H3. The monoisotopic (exact) mass is 485 g/mol. The fourth-order valence-electron chi connectivity index (χ4n) is 5.51. The van der Waals surface area contributed by atoms with Crippen molar-refractivity contribution in [1.82, 2.24) is 5.32 Å². The first kappa shape index (κ1) is 24.5. The molecular formula is C27H32ClNO5. The van der Waals surface area contributed by atoms with Crippen LogP contribution in [-0.4, -0.2) is 30.9 Å². The highest BCUT2D eigenvalue weighted by molar-refractivity contribution is 6.30. The van der Waals surface area contributed by atoms with Gasteiger partial charge >= 0.3 is 11.9 Å². The molecule has 182 valence electrons. The maximum Gasteiger partial charge on any atom is 0.337 e. The second-order valence-electron chi connectivity index (χ2n) is 9.61. The average molecular weight is 486 g/mol. The van der Waals surface area contributed by atoms with Crippen molar-refractivity contribution in [2.45, 2.75) is 70.8 Å². The first-order valence-electron chi connectivity index (χ1n) is 12.1. The van der Waals surface area contributed by atoms with Crippen LogP contribution in [-0.2, 0) is 23.9 Å². The molecule has 1 heterocycles. The lowest BCUT2D eigenvalue weighted by atomic mass is 9.69. The van der Waals surface area contributed by atoms with Crippen molar-refractivity contribution in [3.8, 4) is 0 Å². The summed E-state index contributed by atoms with van der Waals surface area (Å²) in [7, 11) is 1.29. The fraction of sp³-hybridized carbons (Fsp3) is 0.519. The number of carbonyl (C=O) groups excluding carboxylic acids is 3. The molecule has 1 N–H and O–H groups in total.